The van der Waals surface area contributed by atoms with Crippen LogP contribution < -0.4 is 0 Å². The molecule has 0 aliphatic heterocycles. The van der Waals surface area contributed by atoms with Crippen molar-refractivity contribution in [2.24, 2.45) is 0 Å². The van der Waals surface area contributed by atoms with Crippen LogP contribution in [-0.4, -0.2) is 55.5 Å². The van der Waals surface area contributed by atoms with E-state index in [2.05, 4.69) is 0 Å². The fraction of sp³-hybridized carbons (Fsp3) is 1.00. The summed E-state index contributed by atoms with van der Waals surface area (Å²) in [6.07, 6.45) is 0. The average molecular weight is 205 g/mol. The summed E-state index contributed by atoms with van der Waals surface area (Å²) in [6.45, 7) is 7.96. The van der Waals surface area contributed by atoms with E-state index in [-0.39, 0.29) is 15.9 Å². The predicted octanol–water partition coefficient (Wildman–Crippen LogP) is 0.627. The summed E-state index contributed by atoms with van der Waals surface area (Å²) < 4.78 is 20.6. The van der Waals surface area contributed by atoms with Crippen LogP contribution in [0.25, 0.3) is 0 Å². The molecule has 1 radical (unpaired) electrons. The minimum Gasteiger partial charge on any atom is -0.482 e. The first-order valence-corrected chi connectivity index (χ1v) is 5.56. The fourth-order valence-corrected chi connectivity index (χ4v) is 1.13. The Labute approximate surface area is 86.9 Å². The zero-order valence-electron chi connectivity index (χ0n) is 8.45. The van der Waals surface area contributed by atoms with Gasteiger partial charge in [0.15, 0.2) is 0 Å². The smallest absolute Gasteiger partial charge is 0.482 e. The fourth-order valence-electron chi connectivity index (χ4n) is 0.647. The Hall–Kier alpha value is 0.372. The highest BCUT2D eigenvalue weighted by Gasteiger charge is 1.96. The van der Waals surface area contributed by atoms with Crippen molar-refractivity contribution in [3.05, 3.63) is 0 Å². The largest absolute Gasteiger partial charge is 0.668 e. The molecule has 0 saturated carbocycles. The SMILES string of the molecule is CCOCC[O][Al][O]CCOCC. The maximum absolute atomic E-state index is 5.20. The molecule has 0 unspecified atom stereocenters. The highest BCUT2D eigenvalue weighted by atomic mass is 27.2. The van der Waals surface area contributed by atoms with Gasteiger partial charge >= 0.3 is 15.9 Å². The van der Waals surface area contributed by atoms with Crippen molar-refractivity contribution in [3.63, 3.8) is 0 Å². The molecule has 0 amide bonds. The van der Waals surface area contributed by atoms with Gasteiger partial charge in [0.2, 0.25) is 0 Å². The molecule has 0 heterocycles. The topological polar surface area (TPSA) is 36.9 Å². The summed E-state index contributed by atoms with van der Waals surface area (Å²) in [6, 6.07) is 0. The van der Waals surface area contributed by atoms with Gasteiger partial charge in [-0.1, -0.05) is 0 Å². The second-order valence-electron chi connectivity index (χ2n) is 2.23. The van der Waals surface area contributed by atoms with Crippen LogP contribution in [0.3, 0.4) is 0 Å². The monoisotopic (exact) mass is 205 g/mol. The van der Waals surface area contributed by atoms with E-state index >= 15 is 0 Å². The van der Waals surface area contributed by atoms with Crippen LogP contribution in [0.2, 0.25) is 0 Å². The van der Waals surface area contributed by atoms with Gasteiger partial charge in [0.25, 0.3) is 0 Å². The van der Waals surface area contributed by atoms with E-state index in [0.29, 0.717) is 26.4 Å². The Balaban J connectivity index is 2.76. The molecule has 0 aliphatic rings. The summed E-state index contributed by atoms with van der Waals surface area (Å²) in [7, 11) is 0. The first-order valence-electron chi connectivity index (χ1n) is 4.62. The molecule has 0 atom stereocenters. The molecule has 4 nitrogen and oxygen atoms in total. The van der Waals surface area contributed by atoms with Gasteiger partial charge in [0, 0.05) is 26.4 Å². The number of hydrogen-bond donors (Lipinski definition) is 0. The minimum atomic E-state index is -0.355. The highest BCUT2D eigenvalue weighted by Crippen LogP contribution is 1.79. The summed E-state index contributed by atoms with van der Waals surface area (Å²) in [4.78, 5) is 0. The number of rotatable bonds is 10. The van der Waals surface area contributed by atoms with Crippen molar-refractivity contribution >= 4 is 15.9 Å². The highest BCUT2D eigenvalue weighted by molar-refractivity contribution is 6.17. The van der Waals surface area contributed by atoms with Crippen molar-refractivity contribution in [1.29, 1.82) is 0 Å². The van der Waals surface area contributed by atoms with Gasteiger partial charge in [0.1, 0.15) is 0 Å². The van der Waals surface area contributed by atoms with Gasteiger partial charge in [-0.05, 0) is 13.8 Å². The van der Waals surface area contributed by atoms with E-state index in [0.717, 1.165) is 13.2 Å². The molecular formula is C8H18AlO4. The third kappa shape index (κ3) is 12.4. The Morgan fingerprint density at radius 1 is 0.769 bits per heavy atom. The predicted molar refractivity (Wildman–Crippen MR) is 50.6 cm³/mol. The zero-order chi connectivity index (χ0) is 9.78. The van der Waals surface area contributed by atoms with Crippen LogP contribution >= 0.6 is 0 Å². The summed E-state index contributed by atoms with van der Waals surface area (Å²) >= 11 is -0.355. The lowest BCUT2D eigenvalue weighted by atomic mass is 10.8. The van der Waals surface area contributed by atoms with Gasteiger partial charge in [-0.15, -0.1) is 0 Å². The second kappa shape index (κ2) is 12.4. The standard InChI is InChI=1S/2C4H9O2.Al/c2*1-2-6-4-3-5;/h2*2-4H2,1H3;/q2*-1;+2. The molecule has 0 bridgehead atoms. The Morgan fingerprint density at radius 3 is 1.62 bits per heavy atom. The third-order valence-corrected chi connectivity index (χ3v) is 1.98. The maximum atomic E-state index is 5.20. The van der Waals surface area contributed by atoms with E-state index in [9.17, 15) is 0 Å². The van der Waals surface area contributed by atoms with Crippen LogP contribution in [0.5, 0.6) is 0 Å². The molecular weight excluding hydrogens is 187 g/mol. The van der Waals surface area contributed by atoms with Gasteiger partial charge in [-0.25, -0.2) is 0 Å². The molecule has 0 spiro atoms. The molecule has 0 aromatic carbocycles. The third-order valence-electron chi connectivity index (χ3n) is 1.24. The van der Waals surface area contributed by atoms with E-state index in [1.807, 2.05) is 13.8 Å². The summed E-state index contributed by atoms with van der Waals surface area (Å²) in [5, 5.41) is 0. The maximum Gasteiger partial charge on any atom is 0.668 e. The van der Waals surface area contributed by atoms with Crippen molar-refractivity contribution in [3.8, 4) is 0 Å². The van der Waals surface area contributed by atoms with Crippen LogP contribution in [0.4, 0.5) is 0 Å². The van der Waals surface area contributed by atoms with Crippen LogP contribution in [-0.2, 0) is 17.1 Å². The Morgan fingerprint density at radius 2 is 1.23 bits per heavy atom. The summed E-state index contributed by atoms with van der Waals surface area (Å²) in [5.41, 5.74) is 0. The zero-order valence-corrected chi connectivity index (χ0v) is 9.61. The molecule has 0 aromatic rings. The first kappa shape index (κ1) is 13.4. The number of hydrogen-bond acceptors (Lipinski definition) is 4. The molecule has 0 fully saturated rings. The Kier molecular flexibility index (Phi) is 12.7. The Bertz CT molecular complexity index is 82.2. The molecule has 0 rings (SSSR count). The lowest BCUT2D eigenvalue weighted by Gasteiger charge is -2.04. The van der Waals surface area contributed by atoms with Gasteiger partial charge in [-0.3, -0.25) is 0 Å². The van der Waals surface area contributed by atoms with Crippen LogP contribution in [0.15, 0.2) is 0 Å². The van der Waals surface area contributed by atoms with E-state index < -0.39 is 0 Å². The van der Waals surface area contributed by atoms with Gasteiger partial charge < -0.3 is 17.1 Å². The molecule has 0 saturated heterocycles. The second-order valence-corrected chi connectivity index (χ2v) is 3.09. The molecule has 0 N–H and O–H groups in total. The number of ether oxygens (including phenoxy) is 2. The first-order chi connectivity index (χ1) is 6.41. The summed E-state index contributed by atoms with van der Waals surface area (Å²) in [5.74, 6) is 0. The molecule has 77 valence electrons. The molecule has 0 aliphatic carbocycles. The van der Waals surface area contributed by atoms with Crippen molar-refractivity contribution in [1.82, 2.24) is 0 Å². The minimum absolute atomic E-state index is 0.355. The molecule has 0 aromatic heterocycles. The van der Waals surface area contributed by atoms with E-state index in [4.69, 9.17) is 17.1 Å². The van der Waals surface area contributed by atoms with E-state index in [1.165, 1.54) is 0 Å². The average Bonchev–Trinajstić information content (AvgIpc) is 2.16. The lowest BCUT2D eigenvalue weighted by Crippen LogP contribution is -2.13. The van der Waals surface area contributed by atoms with Crippen molar-refractivity contribution in [2.75, 3.05) is 39.6 Å². The van der Waals surface area contributed by atoms with Crippen LogP contribution in [0.1, 0.15) is 13.8 Å². The lowest BCUT2D eigenvalue weighted by molar-refractivity contribution is 0.0831. The quantitative estimate of drug-likeness (QED) is 0.387. The van der Waals surface area contributed by atoms with Gasteiger partial charge in [0.05, 0.1) is 13.2 Å². The molecule has 5 heteroatoms. The van der Waals surface area contributed by atoms with E-state index in [1.54, 1.807) is 0 Å². The molecule has 13 heavy (non-hydrogen) atoms. The van der Waals surface area contributed by atoms with Crippen molar-refractivity contribution in [2.45, 2.75) is 13.8 Å². The normalized spacial score (nSPS) is 10.3. The van der Waals surface area contributed by atoms with Crippen molar-refractivity contribution < 1.29 is 17.1 Å². The van der Waals surface area contributed by atoms with Gasteiger partial charge in [-0.2, -0.15) is 0 Å². The van der Waals surface area contributed by atoms with Crippen LogP contribution in [0, 0.1) is 0 Å².